The molecule has 0 saturated heterocycles. The smallest absolute Gasteiger partial charge is 1.00 e. The second kappa shape index (κ2) is 140. The zero-order valence-corrected chi connectivity index (χ0v) is 11.3. The summed E-state index contributed by atoms with van der Waals surface area (Å²) >= 11 is 0. The van der Waals surface area contributed by atoms with E-state index in [1.165, 1.54) is 0 Å². The topological polar surface area (TPSA) is 189 Å². The van der Waals surface area contributed by atoms with Gasteiger partial charge in [-0.15, -0.1) is 0 Å². The Labute approximate surface area is 123 Å². The van der Waals surface area contributed by atoms with Crippen molar-refractivity contribution >= 4 is 45.5 Å². The molecule has 0 spiro atoms. The van der Waals surface area contributed by atoms with Crippen molar-refractivity contribution in [3.05, 3.63) is 0 Å². The zero-order chi connectivity index (χ0) is 0. The third-order valence-electron chi connectivity index (χ3n) is 0. The van der Waals surface area contributed by atoms with Gasteiger partial charge in [0.25, 0.3) is 0 Å². The molecule has 0 radical (unpaired) electrons. The van der Waals surface area contributed by atoms with Crippen LogP contribution in [0.3, 0.4) is 0 Å². The second-order valence-electron chi connectivity index (χ2n) is 0. The first kappa shape index (κ1) is 186. The molecular formula is H14O6SrTi2. The standard InChI is InChI=1S/6H2O.Sr.2Ti.2H/h6*1H2;;;;;/q;;;;;;+2;;;2*-1. The quantitative estimate of drug-likeness (QED) is 0.386. The SMILES string of the molecule is O.O.O.O.O.O.[H-].[H-].[Sr+2].[Ti].[Ti]. The van der Waals surface area contributed by atoms with E-state index < -0.39 is 0 Å². The van der Waals surface area contributed by atoms with Crippen LogP contribution < -0.4 is 0 Å². The minimum absolute atomic E-state index is 0. The molecular weight excluding hydrogens is 279 g/mol. The van der Waals surface area contributed by atoms with E-state index in [1.54, 1.807) is 0 Å². The Morgan fingerprint density at radius 1 is 0.444 bits per heavy atom. The summed E-state index contributed by atoms with van der Waals surface area (Å²) in [6, 6.07) is 0. The van der Waals surface area contributed by atoms with Gasteiger partial charge in [-0.3, -0.25) is 0 Å². The van der Waals surface area contributed by atoms with Crippen molar-refractivity contribution in [2.45, 2.75) is 0 Å². The molecule has 0 unspecified atom stereocenters. The predicted molar refractivity (Wildman–Crippen MR) is 29.7 cm³/mol. The first-order chi connectivity index (χ1) is 0. The molecule has 0 aliphatic heterocycles. The van der Waals surface area contributed by atoms with Gasteiger partial charge in [0.1, 0.15) is 0 Å². The van der Waals surface area contributed by atoms with Crippen LogP contribution in [0.4, 0.5) is 0 Å². The molecule has 0 aromatic rings. The van der Waals surface area contributed by atoms with Gasteiger partial charge in [-0.25, -0.2) is 0 Å². The molecule has 0 rings (SSSR count). The summed E-state index contributed by atoms with van der Waals surface area (Å²) in [4.78, 5) is 0. The van der Waals surface area contributed by atoms with Gasteiger partial charge in [-0.1, -0.05) is 0 Å². The molecule has 0 heterocycles. The van der Waals surface area contributed by atoms with Crippen LogP contribution in [0.5, 0.6) is 0 Å². The third-order valence-corrected chi connectivity index (χ3v) is 0. The van der Waals surface area contributed by atoms with E-state index in [1.807, 2.05) is 0 Å². The maximum absolute atomic E-state index is 0. The average Bonchev–Trinajstić information content (AvgIpc) is 0. The largest absolute Gasteiger partial charge is 2.00 e. The summed E-state index contributed by atoms with van der Waals surface area (Å²) in [5.74, 6) is 0. The van der Waals surface area contributed by atoms with E-state index in [9.17, 15) is 0 Å². The van der Waals surface area contributed by atoms with Crippen molar-refractivity contribution in [2.75, 3.05) is 0 Å². The van der Waals surface area contributed by atoms with Crippen LogP contribution in [0.25, 0.3) is 0 Å². The van der Waals surface area contributed by atoms with Gasteiger partial charge in [0.15, 0.2) is 0 Å². The van der Waals surface area contributed by atoms with Gasteiger partial charge in [0.2, 0.25) is 0 Å². The number of rotatable bonds is 0. The molecule has 9 heteroatoms. The Morgan fingerprint density at radius 3 is 0.444 bits per heavy atom. The van der Waals surface area contributed by atoms with Gasteiger partial charge in [0, 0.05) is 43.4 Å². The summed E-state index contributed by atoms with van der Waals surface area (Å²) in [6.07, 6.45) is 0. The maximum atomic E-state index is 0. The van der Waals surface area contributed by atoms with Crippen molar-refractivity contribution in [3.63, 3.8) is 0 Å². The van der Waals surface area contributed by atoms with Crippen LogP contribution in [0, 0.1) is 0 Å². The van der Waals surface area contributed by atoms with Crippen molar-refractivity contribution in [1.29, 1.82) is 0 Å². The van der Waals surface area contributed by atoms with Crippen LogP contribution in [-0.4, -0.2) is 78.3 Å². The minimum Gasteiger partial charge on any atom is -1.00 e. The van der Waals surface area contributed by atoms with E-state index in [0.29, 0.717) is 0 Å². The first-order valence-electron chi connectivity index (χ1n) is 0. The third kappa shape index (κ3) is 113. The average molecular weight is 293 g/mol. The van der Waals surface area contributed by atoms with Gasteiger partial charge in [-0.05, 0) is 0 Å². The number of hydrogen-bond donors (Lipinski definition) is 0. The molecule has 0 aliphatic rings. The van der Waals surface area contributed by atoms with Crippen molar-refractivity contribution in [2.24, 2.45) is 0 Å². The molecule has 0 aromatic carbocycles. The van der Waals surface area contributed by atoms with Gasteiger partial charge in [-0.2, -0.15) is 0 Å². The second-order valence-corrected chi connectivity index (χ2v) is 0. The Kier molecular flexibility index (Phi) is 2900. The van der Waals surface area contributed by atoms with E-state index >= 15 is 0 Å². The predicted octanol–water partition coefficient (Wildman–Crippen LogP) is -5.11. The van der Waals surface area contributed by atoms with Crippen molar-refractivity contribution in [1.82, 2.24) is 0 Å². The molecule has 0 aromatic heterocycles. The van der Waals surface area contributed by atoms with Gasteiger partial charge >= 0.3 is 45.5 Å². The molecule has 60 valence electrons. The Morgan fingerprint density at radius 2 is 0.444 bits per heavy atom. The fourth-order valence-electron chi connectivity index (χ4n) is 0. The first-order valence-corrected chi connectivity index (χ1v) is 0. The molecule has 0 bridgehead atoms. The minimum atomic E-state index is 0. The van der Waals surface area contributed by atoms with Crippen LogP contribution in [0.2, 0.25) is 0 Å². The molecule has 0 aliphatic carbocycles. The summed E-state index contributed by atoms with van der Waals surface area (Å²) in [5, 5.41) is 0. The van der Waals surface area contributed by atoms with Crippen molar-refractivity contribution < 1.29 is 79.1 Å². The van der Waals surface area contributed by atoms with E-state index in [-0.39, 0.29) is 125 Å². The molecule has 6 nitrogen and oxygen atoms in total. The summed E-state index contributed by atoms with van der Waals surface area (Å²) < 4.78 is 0. The molecule has 12 N–H and O–H groups in total. The normalized spacial score (nSPS) is 0. The van der Waals surface area contributed by atoms with E-state index in [2.05, 4.69) is 0 Å². The molecule has 9 heavy (non-hydrogen) atoms. The fraction of sp³-hybridized carbons (Fsp3) is 0. The molecule has 0 amide bonds. The summed E-state index contributed by atoms with van der Waals surface area (Å²) in [6.45, 7) is 0. The van der Waals surface area contributed by atoms with Crippen LogP contribution in [0.15, 0.2) is 0 Å². The maximum Gasteiger partial charge on any atom is 2.00 e. The Hall–Kier alpha value is 2.67. The van der Waals surface area contributed by atoms with Crippen molar-refractivity contribution in [3.8, 4) is 0 Å². The van der Waals surface area contributed by atoms with Crippen LogP contribution in [0.1, 0.15) is 2.85 Å². The molecule has 0 atom stereocenters. The molecule has 0 fully saturated rings. The number of hydrogen-bond acceptors (Lipinski definition) is 0. The van der Waals surface area contributed by atoms with Crippen LogP contribution >= 0.6 is 0 Å². The summed E-state index contributed by atoms with van der Waals surface area (Å²) in [7, 11) is 0. The van der Waals surface area contributed by atoms with E-state index in [0.717, 1.165) is 0 Å². The fourth-order valence-corrected chi connectivity index (χ4v) is 0. The Balaban J connectivity index is 0. The molecule has 0 saturated carbocycles. The van der Waals surface area contributed by atoms with Gasteiger partial charge in [0.05, 0.1) is 0 Å². The Bertz CT molecular complexity index is 18.5. The van der Waals surface area contributed by atoms with E-state index in [4.69, 9.17) is 0 Å². The zero-order valence-electron chi connectivity index (χ0n) is 6.71. The van der Waals surface area contributed by atoms with Gasteiger partial charge < -0.3 is 35.7 Å². The van der Waals surface area contributed by atoms with Crippen LogP contribution in [-0.2, 0) is 43.4 Å². The summed E-state index contributed by atoms with van der Waals surface area (Å²) in [5.41, 5.74) is 0. The monoisotopic (exact) mass is 294 g/mol.